The molecule has 0 unspecified atom stereocenters. The Kier molecular flexibility index (Phi) is 4.83. The Labute approximate surface area is 131 Å². The molecule has 1 saturated carbocycles. The second kappa shape index (κ2) is 6.43. The number of hydrogen-bond acceptors (Lipinski definition) is 3. The maximum absolute atomic E-state index is 12.9. The molecule has 1 aromatic carbocycles. The summed E-state index contributed by atoms with van der Waals surface area (Å²) in [6.07, 6.45) is 4.65. The highest BCUT2D eigenvalue weighted by molar-refractivity contribution is 7.80. The van der Waals surface area contributed by atoms with E-state index in [1.54, 1.807) is 19.1 Å². The van der Waals surface area contributed by atoms with Gasteiger partial charge in [0.1, 0.15) is 5.75 Å². The van der Waals surface area contributed by atoms with Crippen molar-refractivity contribution in [1.29, 1.82) is 0 Å². The second-order valence-electron chi connectivity index (χ2n) is 5.57. The van der Waals surface area contributed by atoms with Crippen molar-refractivity contribution in [3.63, 3.8) is 0 Å². The topological polar surface area (TPSA) is 55.6 Å². The Bertz CT molecular complexity index is 522. The first kappa shape index (κ1) is 15.8. The first-order chi connectivity index (χ1) is 10.0. The van der Waals surface area contributed by atoms with E-state index in [2.05, 4.69) is 0 Å². The minimum atomic E-state index is -0.678. The van der Waals surface area contributed by atoms with Crippen LogP contribution >= 0.6 is 12.2 Å². The molecule has 0 radical (unpaired) electrons. The largest absolute Gasteiger partial charge is 0.497 e. The second-order valence-corrected chi connectivity index (χ2v) is 6.01. The van der Waals surface area contributed by atoms with Crippen molar-refractivity contribution in [3.8, 4) is 5.75 Å². The zero-order valence-electron chi connectivity index (χ0n) is 12.6. The molecule has 0 bridgehead atoms. The van der Waals surface area contributed by atoms with Crippen LogP contribution in [-0.2, 0) is 4.79 Å². The van der Waals surface area contributed by atoms with Crippen molar-refractivity contribution >= 4 is 28.8 Å². The van der Waals surface area contributed by atoms with Gasteiger partial charge in [0.2, 0.25) is 5.91 Å². The predicted molar refractivity (Wildman–Crippen MR) is 88.7 cm³/mol. The fourth-order valence-electron chi connectivity index (χ4n) is 2.97. The van der Waals surface area contributed by atoms with Gasteiger partial charge >= 0.3 is 0 Å². The van der Waals surface area contributed by atoms with Crippen LogP contribution < -0.4 is 15.4 Å². The third-order valence-corrected chi connectivity index (χ3v) is 4.74. The van der Waals surface area contributed by atoms with Crippen LogP contribution in [0.5, 0.6) is 5.75 Å². The molecular formula is C16H22N2O2S. The van der Waals surface area contributed by atoms with Crippen molar-refractivity contribution in [1.82, 2.24) is 0 Å². The Morgan fingerprint density at radius 2 is 1.81 bits per heavy atom. The van der Waals surface area contributed by atoms with E-state index in [4.69, 9.17) is 22.7 Å². The van der Waals surface area contributed by atoms with Crippen LogP contribution in [-0.4, -0.2) is 25.1 Å². The van der Waals surface area contributed by atoms with Crippen LogP contribution in [0.15, 0.2) is 24.3 Å². The van der Waals surface area contributed by atoms with E-state index in [-0.39, 0.29) is 5.91 Å². The normalized spacial score (nSPS) is 17.0. The molecule has 1 amide bonds. The van der Waals surface area contributed by atoms with Crippen molar-refractivity contribution in [2.75, 3.05) is 19.1 Å². The minimum absolute atomic E-state index is 0.000123. The van der Waals surface area contributed by atoms with Gasteiger partial charge in [-0.1, -0.05) is 31.5 Å². The summed E-state index contributed by atoms with van der Waals surface area (Å²) in [5, 5.41) is 0. The molecule has 0 spiro atoms. The number of nitrogens with two attached hydrogens (primary N) is 1. The number of thiocarbonyl (C=S) groups is 1. The van der Waals surface area contributed by atoms with E-state index >= 15 is 0 Å². The summed E-state index contributed by atoms with van der Waals surface area (Å²) in [6.45, 7) is 0. The molecule has 114 valence electrons. The van der Waals surface area contributed by atoms with Gasteiger partial charge < -0.3 is 15.4 Å². The van der Waals surface area contributed by atoms with Crippen LogP contribution in [0.3, 0.4) is 0 Å². The fourth-order valence-corrected chi connectivity index (χ4v) is 3.26. The van der Waals surface area contributed by atoms with E-state index in [1.165, 1.54) is 0 Å². The molecule has 4 nitrogen and oxygen atoms in total. The Morgan fingerprint density at radius 3 is 2.29 bits per heavy atom. The standard InChI is InChI=1S/C16H22N2O2S/c1-18(12-6-8-13(20-2)9-7-12)15(19)16(14(17)21)10-4-3-5-11-16/h6-9H,3-5,10-11H2,1-2H3,(H2,17,21). The van der Waals surface area contributed by atoms with E-state index in [1.807, 2.05) is 24.3 Å². The van der Waals surface area contributed by atoms with Crippen LogP contribution in [0.1, 0.15) is 32.1 Å². The number of carbonyl (C=O) groups excluding carboxylic acids is 1. The summed E-state index contributed by atoms with van der Waals surface area (Å²) >= 11 is 5.22. The number of carbonyl (C=O) groups is 1. The zero-order valence-corrected chi connectivity index (χ0v) is 13.4. The number of hydrogen-bond donors (Lipinski definition) is 1. The SMILES string of the molecule is COc1ccc(N(C)C(=O)C2(C(N)=S)CCCCC2)cc1. The number of rotatable bonds is 4. The lowest BCUT2D eigenvalue weighted by Gasteiger charge is -2.37. The Morgan fingerprint density at radius 1 is 1.24 bits per heavy atom. The van der Waals surface area contributed by atoms with Crippen LogP contribution in [0.2, 0.25) is 0 Å². The zero-order chi connectivity index (χ0) is 15.5. The number of ether oxygens (including phenoxy) is 1. The van der Waals surface area contributed by atoms with Crippen LogP contribution in [0, 0.1) is 5.41 Å². The Hall–Kier alpha value is -1.62. The van der Waals surface area contributed by atoms with Gasteiger partial charge in [0, 0.05) is 12.7 Å². The van der Waals surface area contributed by atoms with Gasteiger partial charge in [-0.15, -0.1) is 0 Å². The molecule has 0 aromatic heterocycles. The maximum atomic E-state index is 12.9. The molecule has 5 heteroatoms. The summed E-state index contributed by atoms with van der Waals surface area (Å²) < 4.78 is 5.14. The summed E-state index contributed by atoms with van der Waals surface area (Å²) in [7, 11) is 3.40. The van der Waals surface area contributed by atoms with Crippen LogP contribution in [0.4, 0.5) is 5.69 Å². The summed E-state index contributed by atoms with van der Waals surface area (Å²) in [5.74, 6) is 0.765. The lowest BCUT2D eigenvalue weighted by Crippen LogP contribution is -2.50. The molecule has 0 saturated heterocycles. The first-order valence-electron chi connectivity index (χ1n) is 7.23. The van der Waals surface area contributed by atoms with Gasteiger partial charge in [-0.25, -0.2) is 0 Å². The fraction of sp³-hybridized carbons (Fsp3) is 0.500. The van der Waals surface area contributed by atoms with Gasteiger partial charge in [-0.05, 0) is 37.1 Å². The molecule has 21 heavy (non-hydrogen) atoms. The number of benzene rings is 1. The smallest absolute Gasteiger partial charge is 0.239 e. The highest BCUT2D eigenvalue weighted by Crippen LogP contribution is 2.39. The first-order valence-corrected chi connectivity index (χ1v) is 7.64. The van der Waals surface area contributed by atoms with Gasteiger partial charge in [0.25, 0.3) is 0 Å². The predicted octanol–water partition coefficient (Wildman–Crippen LogP) is 2.89. The minimum Gasteiger partial charge on any atom is -0.497 e. The molecule has 1 aliphatic rings. The highest BCUT2D eigenvalue weighted by Gasteiger charge is 2.44. The summed E-state index contributed by atoms with van der Waals surface area (Å²) in [4.78, 5) is 14.9. The summed E-state index contributed by atoms with van der Waals surface area (Å²) in [6, 6.07) is 7.42. The van der Waals surface area contributed by atoms with Gasteiger partial charge in [0.15, 0.2) is 0 Å². The molecule has 1 aromatic rings. The molecule has 0 heterocycles. The van der Waals surface area contributed by atoms with Gasteiger partial charge in [-0.3, -0.25) is 4.79 Å². The quantitative estimate of drug-likeness (QED) is 0.869. The van der Waals surface area contributed by atoms with Crippen molar-refractivity contribution in [2.45, 2.75) is 32.1 Å². The molecular weight excluding hydrogens is 284 g/mol. The monoisotopic (exact) mass is 306 g/mol. The highest BCUT2D eigenvalue weighted by atomic mass is 32.1. The lowest BCUT2D eigenvalue weighted by atomic mass is 9.73. The average molecular weight is 306 g/mol. The van der Waals surface area contributed by atoms with E-state index < -0.39 is 5.41 Å². The van der Waals surface area contributed by atoms with E-state index in [0.717, 1.165) is 43.5 Å². The third-order valence-electron chi connectivity index (χ3n) is 4.35. The number of amides is 1. The molecule has 0 atom stereocenters. The third kappa shape index (κ3) is 3.02. The lowest BCUT2D eigenvalue weighted by molar-refractivity contribution is -0.125. The maximum Gasteiger partial charge on any atom is 0.239 e. The van der Waals surface area contributed by atoms with Crippen molar-refractivity contribution in [3.05, 3.63) is 24.3 Å². The van der Waals surface area contributed by atoms with Crippen LogP contribution in [0.25, 0.3) is 0 Å². The van der Waals surface area contributed by atoms with Crippen molar-refractivity contribution in [2.24, 2.45) is 11.1 Å². The molecule has 2 rings (SSSR count). The molecule has 1 fully saturated rings. The van der Waals surface area contributed by atoms with E-state index in [0.29, 0.717) is 4.99 Å². The molecule has 1 aliphatic carbocycles. The van der Waals surface area contributed by atoms with Gasteiger partial charge in [0.05, 0.1) is 17.5 Å². The summed E-state index contributed by atoms with van der Waals surface area (Å²) in [5.41, 5.74) is 6.07. The Balaban J connectivity index is 2.25. The number of anilines is 1. The average Bonchev–Trinajstić information content (AvgIpc) is 2.54. The van der Waals surface area contributed by atoms with Gasteiger partial charge in [-0.2, -0.15) is 0 Å². The van der Waals surface area contributed by atoms with Crippen molar-refractivity contribution < 1.29 is 9.53 Å². The molecule has 0 aliphatic heterocycles. The van der Waals surface area contributed by atoms with E-state index in [9.17, 15) is 4.79 Å². The number of methoxy groups -OCH3 is 1. The number of nitrogens with zero attached hydrogens (tertiary/aromatic N) is 1. The molecule has 2 N–H and O–H groups in total.